The van der Waals surface area contributed by atoms with Gasteiger partial charge in [-0.2, -0.15) is 0 Å². The normalized spacial score (nSPS) is 22.3. The molecule has 1 N–H and O–H groups in total. The number of carbonyl (C=O) groups excluding carboxylic acids is 1. The van der Waals surface area contributed by atoms with Gasteiger partial charge in [-0.3, -0.25) is 4.79 Å². The summed E-state index contributed by atoms with van der Waals surface area (Å²) in [7, 11) is 0. The lowest BCUT2D eigenvalue weighted by Gasteiger charge is -2.24. The highest BCUT2D eigenvalue weighted by atomic mass is 35.5. The van der Waals surface area contributed by atoms with Gasteiger partial charge in [-0.1, -0.05) is 69.3 Å². The summed E-state index contributed by atoms with van der Waals surface area (Å²) in [6, 6.07) is 0. The molecule has 0 radical (unpaired) electrons. The van der Waals surface area contributed by atoms with Gasteiger partial charge in [-0.15, -0.1) is 0 Å². The van der Waals surface area contributed by atoms with Gasteiger partial charge in [0.1, 0.15) is 5.60 Å². The van der Waals surface area contributed by atoms with E-state index in [0.29, 0.717) is 10.6 Å². The largest absolute Gasteiger partial charge is 0.460 e. The number of carbonyl (C=O) groups is 1. The van der Waals surface area contributed by atoms with E-state index < -0.39 is 11.7 Å². The number of aliphatic hydroxyl groups is 1. The predicted octanol–water partition coefficient (Wildman–Crippen LogP) is 6.11. The van der Waals surface area contributed by atoms with Crippen LogP contribution in [-0.4, -0.2) is 22.8 Å². The molecule has 1 aliphatic rings. The molecule has 0 bridgehead atoms. The van der Waals surface area contributed by atoms with Gasteiger partial charge in [0.25, 0.3) is 0 Å². The highest BCUT2D eigenvalue weighted by Crippen LogP contribution is 2.32. The van der Waals surface area contributed by atoms with Crippen LogP contribution < -0.4 is 0 Å². The number of halogens is 1. The van der Waals surface area contributed by atoms with Gasteiger partial charge in [0.05, 0.1) is 12.0 Å². The van der Waals surface area contributed by atoms with Gasteiger partial charge in [-0.25, -0.2) is 0 Å². The van der Waals surface area contributed by atoms with Gasteiger partial charge in [-0.05, 0) is 56.8 Å². The summed E-state index contributed by atoms with van der Waals surface area (Å²) < 4.78 is 5.58. The third-order valence-corrected chi connectivity index (χ3v) is 4.91. The van der Waals surface area contributed by atoms with E-state index in [1.165, 1.54) is 0 Å². The average Bonchev–Trinajstić information content (AvgIpc) is 2.77. The molecule has 28 heavy (non-hydrogen) atoms. The van der Waals surface area contributed by atoms with E-state index in [0.717, 1.165) is 24.8 Å². The van der Waals surface area contributed by atoms with Crippen LogP contribution in [0, 0.1) is 17.8 Å². The Labute approximate surface area is 175 Å². The summed E-state index contributed by atoms with van der Waals surface area (Å²) in [5, 5.41) is 11.3. The molecule has 4 heteroatoms. The molecule has 1 aliphatic carbocycles. The molecule has 156 valence electrons. The summed E-state index contributed by atoms with van der Waals surface area (Å²) in [6.45, 7) is 17.4. The van der Waals surface area contributed by atoms with E-state index in [9.17, 15) is 9.90 Å². The van der Waals surface area contributed by atoms with Crippen LogP contribution in [0.2, 0.25) is 0 Å². The molecule has 0 amide bonds. The van der Waals surface area contributed by atoms with Gasteiger partial charge in [0.15, 0.2) is 0 Å². The molecule has 0 heterocycles. The monoisotopic (exact) mass is 406 g/mol. The van der Waals surface area contributed by atoms with Crippen LogP contribution in [0.4, 0.5) is 0 Å². The fourth-order valence-electron chi connectivity index (χ4n) is 3.27. The molecule has 0 saturated heterocycles. The zero-order valence-corrected chi connectivity index (χ0v) is 18.6. The Hall–Kier alpha value is -1.58. The zero-order valence-electron chi connectivity index (χ0n) is 17.9. The van der Waals surface area contributed by atoms with Crippen molar-refractivity contribution < 1.29 is 14.6 Å². The molecule has 0 aromatic carbocycles. The second-order valence-electron chi connectivity index (χ2n) is 8.53. The number of hydrogen-bond acceptors (Lipinski definition) is 3. The molecule has 0 spiro atoms. The number of ether oxygens (including phenoxy) is 1. The minimum absolute atomic E-state index is 0.0911. The molecule has 4 unspecified atom stereocenters. The lowest BCUT2D eigenvalue weighted by atomic mass is 9.85. The lowest BCUT2D eigenvalue weighted by Crippen LogP contribution is -2.30. The maximum Gasteiger partial charge on any atom is 0.313 e. The molecule has 0 fully saturated rings. The van der Waals surface area contributed by atoms with Crippen molar-refractivity contribution in [3.63, 3.8) is 0 Å². The number of aliphatic hydroxyl groups excluding tert-OH is 1. The zero-order chi connectivity index (χ0) is 21.5. The van der Waals surface area contributed by atoms with Crippen molar-refractivity contribution in [3.05, 3.63) is 59.7 Å². The van der Waals surface area contributed by atoms with Gasteiger partial charge < -0.3 is 9.84 Å². The smallest absolute Gasteiger partial charge is 0.313 e. The SMILES string of the molecule is C=C(Cl)C=CC(=C)C(O)C(CCC)C1=CCC(C)C(C(=O)OC(C)(C)C)C=C1. The van der Waals surface area contributed by atoms with Gasteiger partial charge in [0.2, 0.25) is 0 Å². The minimum atomic E-state index is -0.725. The first-order valence-corrected chi connectivity index (χ1v) is 10.3. The van der Waals surface area contributed by atoms with Crippen molar-refractivity contribution in [1.29, 1.82) is 0 Å². The minimum Gasteiger partial charge on any atom is -0.460 e. The summed E-state index contributed by atoms with van der Waals surface area (Å²) in [6.07, 6.45) is 11.1. The number of rotatable bonds is 8. The van der Waals surface area contributed by atoms with Crippen molar-refractivity contribution in [1.82, 2.24) is 0 Å². The second-order valence-corrected chi connectivity index (χ2v) is 9.02. The molecular weight excluding hydrogens is 372 g/mol. The van der Waals surface area contributed by atoms with Crippen LogP contribution in [0.25, 0.3) is 0 Å². The highest BCUT2D eigenvalue weighted by molar-refractivity contribution is 6.30. The molecule has 0 aromatic heterocycles. The Kier molecular flexibility index (Phi) is 9.46. The van der Waals surface area contributed by atoms with E-state index in [1.54, 1.807) is 12.2 Å². The van der Waals surface area contributed by atoms with Crippen molar-refractivity contribution in [3.8, 4) is 0 Å². The molecule has 1 rings (SSSR count). The summed E-state index contributed by atoms with van der Waals surface area (Å²) in [5.41, 5.74) is 1.12. The van der Waals surface area contributed by atoms with E-state index >= 15 is 0 Å². The Balaban J connectivity index is 3.04. The topological polar surface area (TPSA) is 46.5 Å². The quantitative estimate of drug-likeness (QED) is 0.390. The van der Waals surface area contributed by atoms with Crippen molar-refractivity contribution in [2.45, 2.75) is 65.6 Å². The van der Waals surface area contributed by atoms with E-state index in [2.05, 4.69) is 33.1 Å². The van der Waals surface area contributed by atoms with Crippen LogP contribution in [0.3, 0.4) is 0 Å². The first-order chi connectivity index (χ1) is 13.0. The molecule has 3 nitrogen and oxygen atoms in total. The first kappa shape index (κ1) is 24.5. The second kappa shape index (κ2) is 10.8. The Morgan fingerprint density at radius 1 is 1.39 bits per heavy atom. The number of hydrogen-bond donors (Lipinski definition) is 1. The Bertz CT molecular complexity index is 664. The predicted molar refractivity (Wildman–Crippen MR) is 118 cm³/mol. The third kappa shape index (κ3) is 7.81. The summed E-state index contributed by atoms with van der Waals surface area (Å²) >= 11 is 5.77. The number of esters is 1. The van der Waals surface area contributed by atoms with Crippen molar-refractivity contribution in [2.24, 2.45) is 17.8 Å². The fraction of sp³-hybridized carbons (Fsp3) is 0.542. The van der Waals surface area contributed by atoms with Crippen LogP contribution in [0.5, 0.6) is 0 Å². The van der Waals surface area contributed by atoms with Crippen molar-refractivity contribution >= 4 is 17.6 Å². The van der Waals surface area contributed by atoms with Crippen LogP contribution >= 0.6 is 11.6 Å². The van der Waals surface area contributed by atoms with E-state index in [4.69, 9.17) is 16.3 Å². The van der Waals surface area contributed by atoms with Crippen LogP contribution in [0.15, 0.2) is 59.7 Å². The van der Waals surface area contributed by atoms with E-state index in [-0.39, 0.29) is 23.7 Å². The summed E-state index contributed by atoms with van der Waals surface area (Å²) in [5.74, 6) is -0.459. The molecular formula is C24H35ClO3. The molecule has 0 saturated carbocycles. The highest BCUT2D eigenvalue weighted by Gasteiger charge is 2.30. The average molecular weight is 407 g/mol. The van der Waals surface area contributed by atoms with Crippen LogP contribution in [0.1, 0.15) is 53.9 Å². The standard InChI is InChI=1S/C24H35ClO3/c1-8-9-21(22(26)17(3)10-12-18(4)25)19-13-11-16(2)20(15-14-19)23(27)28-24(5,6)7/h10,12-16,20-22,26H,3-4,8-9,11H2,1-2,5-7H3. The third-order valence-electron chi connectivity index (χ3n) is 4.78. The lowest BCUT2D eigenvalue weighted by molar-refractivity contribution is -0.159. The van der Waals surface area contributed by atoms with Gasteiger partial charge in [0, 0.05) is 11.0 Å². The molecule has 4 atom stereocenters. The maximum atomic E-state index is 12.6. The maximum absolute atomic E-state index is 12.6. The van der Waals surface area contributed by atoms with Gasteiger partial charge >= 0.3 is 5.97 Å². The van der Waals surface area contributed by atoms with Crippen molar-refractivity contribution in [2.75, 3.05) is 0 Å². The fourth-order valence-corrected chi connectivity index (χ4v) is 3.33. The van der Waals surface area contributed by atoms with Crippen LogP contribution in [-0.2, 0) is 9.53 Å². The number of allylic oxidation sites excluding steroid dienone is 4. The molecule has 0 aromatic rings. The Morgan fingerprint density at radius 2 is 2.04 bits per heavy atom. The van der Waals surface area contributed by atoms with E-state index in [1.807, 2.05) is 32.9 Å². The molecule has 0 aliphatic heterocycles. The Morgan fingerprint density at radius 3 is 2.57 bits per heavy atom. The first-order valence-electron chi connectivity index (χ1n) is 9.96. The summed E-state index contributed by atoms with van der Waals surface area (Å²) in [4.78, 5) is 12.6.